The first-order valence-corrected chi connectivity index (χ1v) is 18.0. The average molecular weight is 690 g/mol. The van der Waals surface area contributed by atoms with Crippen LogP contribution in [-0.4, -0.2) is 19.1 Å². The van der Waals surface area contributed by atoms with Gasteiger partial charge >= 0.3 is 0 Å². The van der Waals surface area contributed by atoms with Crippen molar-refractivity contribution in [1.82, 2.24) is 19.1 Å². The maximum atomic E-state index is 17.0. The third-order valence-corrected chi connectivity index (χ3v) is 11.1. The van der Waals surface area contributed by atoms with Crippen LogP contribution in [0, 0.1) is 0 Å². The number of rotatable bonds is 5. The second kappa shape index (κ2) is 11.8. The topological polar surface area (TPSA) is 38.9 Å². The van der Waals surface area contributed by atoms with Gasteiger partial charge < -0.3 is 9.13 Å². The fourth-order valence-corrected chi connectivity index (χ4v) is 8.40. The summed E-state index contributed by atoms with van der Waals surface area (Å²) in [5.41, 5.74) is 11.3. The highest BCUT2D eigenvalue weighted by molar-refractivity contribution is 6.11. The Labute approximate surface area is 307 Å². The van der Waals surface area contributed by atoms with Crippen molar-refractivity contribution in [3.05, 3.63) is 180 Å². The summed E-state index contributed by atoms with van der Waals surface area (Å²) in [7, 11) is 2.01. The normalized spacial score (nSPS) is 14.1. The molecular formula is C47H36FN5. The van der Waals surface area contributed by atoms with Gasteiger partial charge in [0.05, 0.1) is 33.4 Å². The number of hydrogen-bond donors (Lipinski definition) is 0. The molecule has 0 N–H and O–H groups in total. The summed E-state index contributed by atoms with van der Waals surface area (Å²) in [6.45, 7) is 4.55. The molecule has 0 amide bonds. The molecule has 1 atom stereocenters. The van der Waals surface area contributed by atoms with Crippen LogP contribution in [0.1, 0.15) is 42.3 Å². The zero-order chi connectivity index (χ0) is 35.8. The second-order valence-electron chi connectivity index (χ2n) is 14.5. The Bertz CT molecular complexity index is 2850. The van der Waals surface area contributed by atoms with E-state index in [-0.39, 0.29) is 5.41 Å². The highest BCUT2D eigenvalue weighted by Crippen LogP contribution is 2.54. The Morgan fingerprint density at radius 3 is 2.15 bits per heavy atom. The first kappa shape index (κ1) is 31.2. The molecule has 0 radical (unpaired) electrons. The Morgan fingerprint density at radius 2 is 1.34 bits per heavy atom. The molecule has 53 heavy (non-hydrogen) atoms. The van der Waals surface area contributed by atoms with Crippen LogP contribution < -0.4 is 4.90 Å². The van der Waals surface area contributed by atoms with Crippen LogP contribution in [0.5, 0.6) is 0 Å². The van der Waals surface area contributed by atoms with Crippen molar-refractivity contribution in [3.63, 3.8) is 0 Å². The van der Waals surface area contributed by atoms with Gasteiger partial charge in [-0.1, -0.05) is 98.8 Å². The Hall–Kier alpha value is -6.53. The monoisotopic (exact) mass is 689 g/mol. The van der Waals surface area contributed by atoms with E-state index in [2.05, 4.69) is 101 Å². The second-order valence-corrected chi connectivity index (χ2v) is 14.5. The van der Waals surface area contributed by atoms with Crippen LogP contribution in [0.4, 0.5) is 21.6 Å². The van der Waals surface area contributed by atoms with Gasteiger partial charge in [-0.05, 0) is 89.0 Å². The van der Waals surface area contributed by atoms with Gasteiger partial charge in [0.1, 0.15) is 11.6 Å². The molecule has 6 heteroatoms. The predicted molar refractivity (Wildman–Crippen MR) is 214 cm³/mol. The number of alkyl halides is 1. The number of hydrogen-bond acceptors (Lipinski definition) is 3. The van der Waals surface area contributed by atoms with Crippen molar-refractivity contribution in [3.8, 4) is 17.1 Å². The van der Waals surface area contributed by atoms with E-state index in [9.17, 15) is 0 Å². The molecule has 3 aromatic heterocycles. The molecule has 0 bridgehead atoms. The third-order valence-electron chi connectivity index (χ3n) is 11.1. The first-order valence-electron chi connectivity index (χ1n) is 18.0. The number of imidazole rings is 1. The standard InChI is InChI=1S/C47H36FN5/c1-47(2)36-24-23-31(45(48)30-14-13-15-32(26-30)46-50-38-19-8-10-21-40(38)51(46)3)27-42(36)53(44-22-11-12-25-49-44)43-29-41-35(28-37(43)47)34-18-7-9-20-39(34)52(41)33-16-5-4-6-17-33/h4-29,45H,1-3H3. The number of halogens is 1. The molecule has 256 valence electrons. The maximum Gasteiger partial charge on any atom is 0.150 e. The first-order chi connectivity index (χ1) is 25.9. The van der Waals surface area contributed by atoms with Gasteiger partial charge in [-0.2, -0.15) is 0 Å². The summed E-state index contributed by atoms with van der Waals surface area (Å²) in [6.07, 6.45) is 0.468. The quantitative estimate of drug-likeness (QED) is 0.181. The van der Waals surface area contributed by atoms with E-state index in [0.29, 0.717) is 11.1 Å². The lowest BCUT2D eigenvalue weighted by atomic mass is 9.72. The number of para-hydroxylation sites is 4. The highest BCUT2D eigenvalue weighted by Gasteiger charge is 2.39. The van der Waals surface area contributed by atoms with E-state index in [1.54, 1.807) is 0 Å². The minimum Gasteiger partial charge on any atom is -0.327 e. The van der Waals surface area contributed by atoms with Crippen molar-refractivity contribution in [2.75, 3.05) is 4.90 Å². The summed E-state index contributed by atoms with van der Waals surface area (Å²) in [4.78, 5) is 12.0. The predicted octanol–water partition coefficient (Wildman–Crippen LogP) is 11.9. The fraction of sp³-hybridized carbons (Fsp3) is 0.106. The lowest BCUT2D eigenvalue weighted by molar-refractivity contribution is 0.402. The largest absolute Gasteiger partial charge is 0.327 e. The van der Waals surface area contributed by atoms with Crippen LogP contribution in [0.15, 0.2) is 158 Å². The average Bonchev–Trinajstić information content (AvgIpc) is 3.72. The zero-order valence-electron chi connectivity index (χ0n) is 29.7. The maximum absolute atomic E-state index is 17.0. The van der Waals surface area contributed by atoms with E-state index < -0.39 is 6.17 Å². The Balaban J connectivity index is 1.15. The number of anilines is 3. The van der Waals surface area contributed by atoms with Gasteiger partial charge in [-0.25, -0.2) is 14.4 Å². The smallest absolute Gasteiger partial charge is 0.150 e. The molecular weight excluding hydrogens is 654 g/mol. The Morgan fingerprint density at radius 1 is 0.604 bits per heavy atom. The van der Waals surface area contributed by atoms with Crippen LogP contribution >= 0.6 is 0 Å². The van der Waals surface area contributed by atoms with Gasteiger partial charge in [0, 0.05) is 40.7 Å². The van der Waals surface area contributed by atoms with Gasteiger partial charge in [0.15, 0.2) is 6.17 Å². The number of benzene rings is 6. The van der Waals surface area contributed by atoms with Crippen LogP contribution in [0.3, 0.4) is 0 Å². The third kappa shape index (κ3) is 4.75. The van der Waals surface area contributed by atoms with E-state index in [4.69, 9.17) is 9.97 Å². The number of nitrogens with zero attached hydrogens (tertiary/aromatic N) is 5. The van der Waals surface area contributed by atoms with Crippen LogP contribution in [0.25, 0.3) is 49.9 Å². The van der Waals surface area contributed by atoms with Gasteiger partial charge in [0.2, 0.25) is 0 Å². The van der Waals surface area contributed by atoms with Crippen LogP contribution in [0.2, 0.25) is 0 Å². The molecule has 10 rings (SSSR count). The number of aromatic nitrogens is 4. The van der Waals surface area contributed by atoms with Crippen molar-refractivity contribution in [1.29, 1.82) is 0 Å². The lowest BCUT2D eigenvalue weighted by Crippen LogP contribution is -2.31. The van der Waals surface area contributed by atoms with E-state index in [0.717, 1.165) is 61.9 Å². The molecule has 0 saturated heterocycles. The van der Waals surface area contributed by atoms with Crippen molar-refractivity contribution < 1.29 is 4.39 Å². The minimum atomic E-state index is -1.35. The molecule has 0 spiro atoms. The summed E-state index contributed by atoms with van der Waals surface area (Å²) in [5.74, 6) is 1.59. The summed E-state index contributed by atoms with van der Waals surface area (Å²) >= 11 is 0. The summed E-state index contributed by atoms with van der Waals surface area (Å²) in [5, 5.41) is 2.40. The molecule has 1 unspecified atom stereocenters. The molecule has 5 nitrogen and oxygen atoms in total. The molecule has 9 aromatic rings. The van der Waals surface area contributed by atoms with Gasteiger partial charge in [-0.3, -0.25) is 4.90 Å². The molecule has 0 saturated carbocycles. The van der Waals surface area contributed by atoms with E-state index in [1.807, 2.05) is 92.1 Å². The fourth-order valence-electron chi connectivity index (χ4n) is 8.40. The molecule has 1 aliphatic rings. The zero-order valence-corrected chi connectivity index (χ0v) is 29.7. The number of aryl methyl sites for hydroxylation is 1. The van der Waals surface area contributed by atoms with Crippen LogP contribution in [-0.2, 0) is 12.5 Å². The van der Waals surface area contributed by atoms with Crippen molar-refractivity contribution in [2.24, 2.45) is 7.05 Å². The lowest BCUT2D eigenvalue weighted by Gasteiger charge is -2.42. The molecule has 4 heterocycles. The van der Waals surface area contributed by atoms with Gasteiger partial charge in [-0.15, -0.1) is 0 Å². The molecule has 0 fully saturated rings. The molecule has 1 aliphatic heterocycles. The van der Waals surface area contributed by atoms with Crippen molar-refractivity contribution >= 4 is 50.0 Å². The summed E-state index contributed by atoms with van der Waals surface area (Å²) in [6, 6.07) is 51.6. The van der Waals surface area contributed by atoms with E-state index >= 15 is 4.39 Å². The molecule has 6 aromatic carbocycles. The van der Waals surface area contributed by atoms with Gasteiger partial charge in [0.25, 0.3) is 0 Å². The number of fused-ring (bicyclic) bond motifs is 6. The minimum absolute atomic E-state index is 0.384. The molecule has 0 aliphatic carbocycles. The van der Waals surface area contributed by atoms with E-state index in [1.165, 1.54) is 16.3 Å². The SMILES string of the molecule is Cn1c(-c2cccc(C(F)c3ccc4c(c3)N(c3ccccn3)c3cc5c(cc3C4(C)C)c3ccccc3n5-c3ccccc3)c2)nc2ccccc21. The number of pyridine rings is 1. The summed E-state index contributed by atoms with van der Waals surface area (Å²) < 4.78 is 21.4. The van der Waals surface area contributed by atoms with Crippen molar-refractivity contribution in [2.45, 2.75) is 25.4 Å². The Kier molecular flexibility index (Phi) is 6.92. The highest BCUT2D eigenvalue weighted by atomic mass is 19.1.